The van der Waals surface area contributed by atoms with E-state index in [9.17, 15) is 14.4 Å². The number of nitriles is 1. The zero-order chi connectivity index (χ0) is 16.7. The van der Waals surface area contributed by atoms with Crippen LogP contribution in [0.25, 0.3) is 16.9 Å². The average Bonchev–Trinajstić information content (AvgIpc) is 2.96. The van der Waals surface area contributed by atoms with Gasteiger partial charge in [-0.2, -0.15) is 14.9 Å². The van der Waals surface area contributed by atoms with Gasteiger partial charge < -0.3 is 4.57 Å². The van der Waals surface area contributed by atoms with E-state index in [1.807, 2.05) is 13.8 Å². The lowest BCUT2D eigenvalue weighted by atomic mass is 9.97. The topological polar surface area (TPSA) is 63.1 Å². The number of rotatable bonds is 2. The highest BCUT2D eigenvalue weighted by Gasteiger charge is 2.21. The summed E-state index contributed by atoms with van der Waals surface area (Å²) in [5, 5.41) is 13.3. The molecule has 0 saturated carbocycles. The number of halogens is 1. The lowest BCUT2D eigenvalue weighted by Crippen LogP contribution is -2.25. The molecule has 5 nitrogen and oxygen atoms in total. The van der Waals surface area contributed by atoms with E-state index in [4.69, 9.17) is 0 Å². The number of hydrogen-bond acceptors (Lipinski definition) is 3. The van der Waals surface area contributed by atoms with Crippen molar-refractivity contribution in [2.45, 2.75) is 19.8 Å². The Morgan fingerprint density at radius 2 is 1.91 bits per heavy atom. The zero-order valence-corrected chi connectivity index (χ0v) is 13.0. The first kappa shape index (κ1) is 15.0. The Bertz CT molecular complexity index is 991. The highest BCUT2D eigenvalue weighted by molar-refractivity contribution is 5.69. The summed E-state index contributed by atoms with van der Waals surface area (Å²) in [6.07, 6.45) is 1.38. The Morgan fingerprint density at radius 1 is 1.26 bits per heavy atom. The molecule has 3 aromatic rings. The molecule has 0 atom stereocenters. The van der Waals surface area contributed by atoms with Gasteiger partial charge in [-0.15, -0.1) is 0 Å². The van der Waals surface area contributed by atoms with Crippen molar-refractivity contribution >= 4 is 5.65 Å². The van der Waals surface area contributed by atoms with Crippen molar-refractivity contribution < 1.29 is 4.39 Å². The lowest BCUT2D eigenvalue weighted by molar-refractivity contribution is 0.628. The van der Waals surface area contributed by atoms with Crippen LogP contribution < -0.4 is 5.56 Å². The van der Waals surface area contributed by atoms with Gasteiger partial charge in [0.25, 0.3) is 5.56 Å². The van der Waals surface area contributed by atoms with E-state index in [2.05, 4.69) is 11.2 Å². The van der Waals surface area contributed by atoms with Crippen LogP contribution in [0, 0.1) is 17.1 Å². The SMILES string of the molecule is CC(C)c1c(-c2ccc(F)cc2)n(C)c2c(C#N)cnn2c1=O. The van der Waals surface area contributed by atoms with Crippen LogP contribution in [0.1, 0.15) is 30.9 Å². The lowest BCUT2D eigenvalue weighted by Gasteiger charge is -2.18. The Hall–Kier alpha value is -2.94. The maximum absolute atomic E-state index is 13.2. The summed E-state index contributed by atoms with van der Waals surface area (Å²) in [6.45, 7) is 3.84. The summed E-state index contributed by atoms with van der Waals surface area (Å²) in [6, 6.07) is 8.03. The molecule has 0 fully saturated rings. The number of aromatic nitrogens is 3. The minimum Gasteiger partial charge on any atom is -0.327 e. The summed E-state index contributed by atoms with van der Waals surface area (Å²) in [4.78, 5) is 12.8. The molecule has 0 bridgehead atoms. The number of hydrogen-bond donors (Lipinski definition) is 0. The minimum absolute atomic E-state index is 0.0483. The smallest absolute Gasteiger partial charge is 0.278 e. The molecule has 2 heterocycles. The summed E-state index contributed by atoms with van der Waals surface area (Å²) in [5.74, 6) is -0.388. The van der Waals surface area contributed by atoms with Gasteiger partial charge in [-0.25, -0.2) is 4.39 Å². The minimum atomic E-state index is -0.340. The van der Waals surface area contributed by atoms with Crippen molar-refractivity contribution in [3.05, 3.63) is 57.8 Å². The Kier molecular flexibility index (Phi) is 3.49. The molecule has 116 valence electrons. The molecule has 0 aliphatic rings. The van der Waals surface area contributed by atoms with E-state index in [0.29, 0.717) is 22.5 Å². The number of fused-ring (bicyclic) bond motifs is 1. The first-order valence-corrected chi connectivity index (χ1v) is 7.22. The van der Waals surface area contributed by atoms with E-state index in [1.165, 1.54) is 22.8 Å². The van der Waals surface area contributed by atoms with Gasteiger partial charge in [0, 0.05) is 12.6 Å². The molecule has 23 heavy (non-hydrogen) atoms. The first-order valence-electron chi connectivity index (χ1n) is 7.22. The molecular weight excluding hydrogens is 295 g/mol. The van der Waals surface area contributed by atoms with Crippen molar-refractivity contribution in [3.63, 3.8) is 0 Å². The van der Waals surface area contributed by atoms with Crippen LogP contribution in [-0.2, 0) is 7.05 Å². The maximum atomic E-state index is 13.2. The molecule has 0 radical (unpaired) electrons. The van der Waals surface area contributed by atoms with Gasteiger partial charge in [-0.05, 0) is 35.7 Å². The van der Waals surface area contributed by atoms with E-state index in [-0.39, 0.29) is 17.3 Å². The molecular formula is C17H15FN4O. The zero-order valence-electron chi connectivity index (χ0n) is 13.0. The van der Waals surface area contributed by atoms with Gasteiger partial charge in [-0.3, -0.25) is 4.79 Å². The molecule has 3 rings (SSSR count). The monoisotopic (exact) mass is 310 g/mol. The summed E-state index contributed by atoms with van der Waals surface area (Å²) >= 11 is 0. The van der Waals surface area contributed by atoms with Crippen LogP contribution in [0.15, 0.2) is 35.3 Å². The van der Waals surface area contributed by atoms with Crippen LogP contribution in [-0.4, -0.2) is 14.2 Å². The predicted octanol–water partition coefficient (Wildman–Crippen LogP) is 2.83. The summed E-state index contributed by atoms with van der Waals surface area (Å²) in [7, 11) is 1.78. The molecule has 0 saturated heterocycles. The van der Waals surface area contributed by atoms with Crippen molar-refractivity contribution in [1.29, 1.82) is 5.26 Å². The van der Waals surface area contributed by atoms with Gasteiger partial charge in [0.05, 0.1) is 11.9 Å². The van der Waals surface area contributed by atoms with Gasteiger partial charge in [0.2, 0.25) is 0 Å². The fraction of sp³-hybridized carbons (Fsp3) is 0.235. The van der Waals surface area contributed by atoms with Gasteiger partial charge in [0.1, 0.15) is 17.4 Å². The highest BCUT2D eigenvalue weighted by Crippen LogP contribution is 2.28. The van der Waals surface area contributed by atoms with Crippen molar-refractivity contribution in [2.24, 2.45) is 7.05 Å². The standard InChI is InChI=1S/C17H15FN4O/c1-10(2)14-15(11-4-6-13(18)7-5-11)21(3)16-12(8-19)9-20-22(16)17(14)23/h4-7,9-10H,1-3H3. The molecule has 0 N–H and O–H groups in total. The molecule has 0 amide bonds. The van der Waals surface area contributed by atoms with Crippen molar-refractivity contribution in [2.75, 3.05) is 0 Å². The quantitative estimate of drug-likeness (QED) is 0.731. The third kappa shape index (κ3) is 2.21. The van der Waals surface area contributed by atoms with E-state index in [0.717, 1.165) is 5.56 Å². The molecule has 1 aromatic carbocycles. The number of nitrogens with zero attached hydrogens (tertiary/aromatic N) is 4. The maximum Gasteiger partial charge on any atom is 0.278 e. The van der Waals surface area contributed by atoms with Crippen LogP contribution in [0.2, 0.25) is 0 Å². The van der Waals surface area contributed by atoms with Crippen molar-refractivity contribution in [3.8, 4) is 17.3 Å². The molecule has 0 aliphatic heterocycles. The van der Waals surface area contributed by atoms with Gasteiger partial charge in [0.15, 0.2) is 5.65 Å². The third-order valence-electron chi connectivity index (χ3n) is 3.89. The highest BCUT2D eigenvalue weighted by atomic mass is 19.1. The van der Waals surface area contributed by atoms with Crippen molar-refractivity contribution in [1.82, 2.24) is 14.2 Å². The normalized spacial score (nSPS) is 11.1. The van der Waals surface area contributed by atoms with Crippen LogP contribution in [0.4, 0.5) is 4.39 Å². The van der Waals surface area contributed by atoms with Gasteiger partial charge >= 0.3 is 0 Å². The average molecular weight is 310 g/mol. The fourth-order valence-electron chi connectivity index (χ4n) is 2.87. The Balaban J connectivity index is 2.50. The van der Waals surface area contributed by atoms with Crippen LogP contribution in [0.3, 0.4) is 0 Å². The second kappa shape index (κ2) is 5.36. The number of aryl methyl sites for hydroxylation is 1. The van der Waals surface area contributed by atoms with Crippen LogP contribution >= 0.6 is 0 Å². The third-order valence-corrected chi connectivity index (χ3v) is 3.89. The first-order chi connectivity index (χ1) is 11.0. The van der Waals surface area contributed by atoms with Gasteiger partial charge in [-0.1, -0.05) is 13.8 Å². The van der Waals surface area contributed by atoms with E-state index < -0.39 is 0 Å². The van der Waals surface area contributed by atoms with Crippen LogP contribution in [0.5, 0.6) is 0 Å². The second-order valence-corrected chi connectivity index (χ2v) is 5.69. The molecule has 2 aromatic heterocycles. The van der Waals surface area contributed by atoms with E-state index in [1.54, 1.807) is 23.7 Å². The fourth-order valence-corrected chi connectivity index (χ4v) is 2.87. The molecule has 0 unspecified atom stereocenters. The Morgan fingerprint density at radius 3 is 2.48 bits per heavy atom. The second-order valence-electron chi connectivity index (χ2n) is 5.69. The molecule has 6 heteroatoms. The van der Waals surface area contributed by atoms with E-state index >= 15 is 0 Å². The predicted molar refractivity (Wildman–Crippen MR) is 84.6 cm³/mol. The molecule has 0 aliphatic carbocycles. The largest absolute Gasteiger partial charge is 0.327 e. The summed E-state index contributed by atoms with van der Waals surface area (Å²) < 4.78 is 16.3. The Labute approximate surface area is 132 Å². The number of benzene rings is 1. The summed E-state index contributed by atoms with van der Waals surface area (Å²) in [5.41, 5.74) is 2.48. The molecule has 0 spiro atoms.